The Morgan fingerprint density at radius 3 is 2.24 bits per heavy atom. The standard InChI is InChI=1S/C31H30ClNO5S.C6H7NO2S/c1-20-5-3-4-6-25(20)27-17-21(7-13-26(27)30(34)33-28(31(35)36)15-16-39-2)18-37-19-24-12-14-29(38-24)22-8-10-23(32)11-9-22;7-10(8,9)6-4-2-1-3-5-6/h3-14,17,28H,15-16,18-19H2,1-2H3,(H,33,34)(H,35,36);1-5H,(H2,7,8,9)/t28-;/m0./s1. The second-order valence-corrected chi connectivity index (χ2v) is 13.9. The molecule has 256 valence electrons. The fourth-order valence-electron chi connectivity index (χ4n) is 4.81. The van der Waals surface area contributed by atoms with Crippen LogP contribution in [0.2, 0.25) is 5.02 Å². The van der Waals surface area contributed by atoms with E-state index in [2.05, 4.69) is 5.32 Å². The van der Waals surface area contributed by atoms with E-state index in [1.165, 1.54) is 12.1 Å². The van der Waals surface area contributed by atoms with Crippen LogP contribution in [0, 0.1) is 6.92 Å². The molecule has 1 aromatic heterocycles. The Morgan fingerprint density at radius 2 is 1.61 bits per heavy atom. The number of carboxylic acids is 1. The number of primary sulfonamides is 1. The summed E-state index contributed by atoms with van der Waals surface area (Å²) >= 11 is 7.51. The zero-order valence-corrected chi connectivity index (χ0v) is 29.4. The van der Waals surface area contributed by atoms with Gasteiger partial charge in [-0.1, -0.05) is 60.1 Å². The smallest absolute Gasteiger partial charge is 0.326 e. The molecule has 5 rings (SSSR count). The predicted molar refractivity (Wildman–Crippen MR) is 194 cm³/mol. The van der Waals surface area contributed by atoms with E-state index in [-0.39, 0.29) is 11.5 Å². The van der Waals surface area contributed by atoms with Gasteiger partial charge in [0.05, 0.1) is 11.5 Å². The number of aryl methyl sites for hydroxylation is 1. The number of sulfonamides is 1. The van der Waals surface area contributed by atoms with Crippen LogP contribution in [0.15, 0.2) is 119 Å². The van der Waals surface area contributed by atoms with E-state index in [4.69, 9.17) is 25.9 Å². The minimum atomic E-state index is -3.50. The zero-order valence-electron chi connectivity index (χ0n) is 27.0. The van der Waals surface area contributed by atoms with Crippen LogP contribution in [0.1, 0.15) is 33.7 Å². The fourth-order valence-corrected chi connectivity index (χ4v) is 5.94. The SMILES string of the molecule is CSCC[C@H](NC(=O)c1ccc(COCc2ccc(-c3ccc(Cl)cc3)o2)cc1-c1ccccc1C)C(=O)O.NS(=O)(=O)c1ccccc1. The third kappa shape index (κ3) is 11.1. The summed E-state index contributed by atoms with van der Waals surface area (Å²) in [6.45, 7) is 2.57. The number of ether oxygens (including phenoxy) is 1. The highest BCUT2D eigenvalue weighted by Gasteiger charge is 2.23. The Kier molecular flexibility index (Phi) is 13.6. The number of amides is 1. The number of carboxylic acid groups (broad SMARTS) is 1. The third-order valence-electron chi connectivity index (χ3n) is 7.35. The summed E-state index contributed by atoms with van der Waals surface area (Å²) in [5, 5.41) is 17.8. The van der Waals surface area contributed by atoms with Gasteiger partial charge in [-0.2, -0.15) is 11.8 Å². The van der Waals surface area contributed by atoms with Gasteiger partial charge in [0.15, 0.2) is 0 Å². The molecule has 1 heterocycles. The number of hydrogen-bond donors (Lipinski definition) is 3. The number of hydrogen-bond acceptors (Lipinski definition) is 7. The molecular formula is C37H37ClN2O7S2. The minimum absolute atomic E-state index is 0.148. The second-order valence-electron chi connectivity index (χ2n) is 11.0. The Balaban J connectivity index is 0.000000463. The Labute approximate surface area is 295 Å². The molecule has 1 amide bonds. The van der Waals surface area contributed by atoms with Gasteiger partial charge in [0.2, 0.25) is 10.0 Å². The number of nitrogens with two attached hydrogens (primary N) is 1. The first-order valence-corrected chi connectivity index (χ1v) is 18.5. The minimum Gasteiger partial charge on any atom is -0.480 e. The van der Waals surface area contributed by atoms with Crippen molar-refractivity contribution < 1.29 is 32.3 Å². The summed E-state index contributed by atoms with van der Waals surface area (Å²) < 4.78 is 33.1. The molecule has 0 fully saturated rings. The van der Waals surface area contributed by atoms with Crippen molar-refractivity contribution in [3.8, 4) is 22.5 Å². The van der Waals surface area contributed by atoms with Gasteiger partial charge in [-0.25, -0.2) is 18.4 Å². The maximum Gasteiger partial charge on any atom is 0.326 e. The van der Waals surface area contributed by atoms with Crippen molar-refractivity contribution in [1.82, 2.24) is 5.32 Å². The topological polar surface area (TPSA) is 149 Å². The lowest BCUT2D eigenvalue weighted by Crippen LogP contribution is -2.41. The number of rotatable bonds is 13. The molecule has 0 aliphatic carbocycles. The molecule has 5 aromatic rings. The number of furan rings is 1. The molecule has 0 saturated carbocycles. The van der Waals surface area contributed by atoms with E-state index in [0.717, 1.165) is 33.6 Å². The van der Waals surface area contributed by atoms with E-state index >= 15 is 0 Å². The monoisotopic (exact) mass is 720 g/mol. The van der Waals surface area contributed by atoms with Crippen LogP contribution in [0.4, 0.5) is 0 Å². The number of carbonyl (C=O) groups excluding carboxylic acids is 1. The molecular weight excluding hydrogens is 684 g/mol. The van der Waals surface area contributed by atoms with Crippen molar-refractivity contribution in [3.63, 3.8) is 0 Å². The maximum absolute atomic E-state index is 13.2. The highest BCUT2D eigenvalue weighted by Crippen LogP contribution is 2.29. The normalized spacial score (nSPS) is 11.7. The average molecular weight is 721 g/mol. The summed E-state index contributed by atoms with van der Waals surface area (Å²) in [5.41, 5.74) is 4.87. The number of aliphatic carboxylic acids is 1. The summed E-state index contributed by atoms with van der Waals surface area (Å²) in [7, 11) is -3.50. The summed E-state index contributed by atoms with van der Waals surface area (Å²) in [5.74, 6) is 0.603. The first kappa shape index (κ1) is 37.4. The first-order valence-electron chi connectivity index (χ1n) is 15.2. The quantitative estimate of drug-likeness (QED) is 0.113. The maximum atomic E-state index is 13.2. The highest BCUT2D eigenvalue weighted by atomic mass is 35.5. The molecule has 0 spiro atoms. The van der Waals surface area contributed by atoms with Gasteiger partial charge in [-0.3, -0.25) is 4.79 Å². The molecule has 0 unspecified atom stereocenters. The Morgan fingerprint density at radius 1 is 0.918 bits per heavy atom. The van der Waals surface area contributed by atoms with Crippen molar-refractivity contribution in [2.45, 2.75) is 37.5 Å². The molecule has 1 atom stereocenters. The van der Waals surface area contributed by atoms with Gasteiger partial charge in [0.1, 0.15) is 24.2 Å². The van der Waals surface area contributed by atoms with Crippen molar-refractivity contribution in [3.05, 3.63) is 137 Å². The highest BCUT2D eigenvalue weighted by molar-refractivity contribution is 7.98. The Hall–Kier alpha value is -4.39. The fraction of sp³-hybridized carbons (Fsp3) is 0.189. The summed E-state index contributed by atoms with van der Waals surface area (Å²) in [6, 6.07) is 31.4. The van der Waals surface area contributed by atoms with Crippen LogP contribution >= 0.6 is 23.4 Å². The van der Waals surface area contributed by atoms with Crippen molar-refractivity contribution >= 4 is 45.3 Å². The molecule has 9 nitrogen and oxygen atoms in total. The molecule has 0 saturated heterocycles. The van der Waals surface area contributed by atoms with Crippen LogP contribution < -0.4 is 10.5 Å². The molecule has 12 heteroatoms. The Bertz CT molecular complexity index is 1960. The van der Waals surface area contributed by atoms with E-state index in [9.17, 15) is 23.1 Å². The van der Waals surface area contributed by atoms with Crippen molar-refractivity contribution in [1.29, 1.82) is 0 Å². The zero-order chi connectivity index (χ0) is 35.4. The van der Waals surface area contributed by atoms with E-state index in [1.54, 1.807) is 36.0 Å². The third-order valence-corrected chi connectivity index (χ3v) is 9.18. The average Bonchev–Trinajstić information content (AvgIpc) is 3.56. The van der Waals surface area contributed by atoms with E-state index < -0.39 is 27.9 Å². The van der Waals surface area contributed by atoms with Gasteiger partial charge in [-0.05, 0) is 108 Å². The van der Waals surface area contributed by atoms with Crippen LogP contribution in [0.5, 0.6) is 0 Å². The summed E-state index contributed by atoms with van der Waals surface area (Å²) in [4.78, 5) is 25.1. The summed E-state index contributed by atoms with van der Waals surface area (Å²) in [6.07, 6.45) is 2.25. The van der Waals surface area contributed by atoms with Crippen LogP contribution in [0.3, 0.4) is 0 Å². The van der Waals surface area contributed by atoms with Gasteiger partial charge < -0.3 is 19.6 Å². The number of halogens is 1. The number of carbonyl (C=O) groups is 2. The molecule has 49 heavy (non-hydrogen) atoms. The molecule has 0 aliphatic heterocycles. The largest absolute Gasteiger partial charge is 0.480 e. The van der Waals surface area contributed by atoms with Gasteiger partial charge in [0, 0.05) is 16.1 Å². The van der Waals surface area contributed by atoms with Crippen molar-refractivity contribution in [2.75, 3.05) is 12.0 Å². The molecule has 4 N–H and O–H groups in total. The van der Waals surface area contributed by atoms with Crippen LogP contribution in [0.25, 0.3) is 22.5 Å². The van der Waals surface area contributed by atoms with Crippen LogP contribution in [-0.4, -0.2) is 43.5 Å². The molecule has 0 bridgehead atoms. The first-order chi connectivity index (χ1) is 23.5. The lowest BCUT2D eigenvalue weighted by molar-refractivity contribution is -0.139. The predicted octanol–water partition coefficient (Wildman–Crippen LogP) is 7.56. The van der Waals surface area contributed by atoms with Crippen LogP contribution in [-0.2, 0) is 32.8 Å². The number of thioether (sulfide) groups is 1. The molecule has 0 aliphatic rings. The molecule has 0 radical (unpaired) electrons. The van der Waals surface area contributed by atoms with Gasteiger partial charge in [0.25, 0.3) is 5.91 Å². The second kappa shape index (κ2) is 17.8. The molecule has 4 aromatic carbocycles. The van der Waals surface area contributed by atoms with Gasteiger partial charge >= 0.3 is 5.97 Å². The van der Waals surface area contributed by atoms with Gasteiger partial charge in [-0.15, -0.1) is 0 Å². The van der Waals surface area contributed by atoms with E-state index in [0.29, 0.717) is 35.1 Å². The van der Waals surface area contributed by atoms with Crippen molar-refractivity contribution in [2.24, 2.45) is 5.14 Å². The number of nitrogens with one attached hydrogen (secondary N) is 1. The lowest BCUT2D eigenvalue weighted by atomic mass is 9.93. The number of benzene rings is 4. The lowest BCUT2D eigenvalue weighted by Gasteiger charge is -2.17. The van der Waals surface area contributed by atoms with E-state index in [1.807, 2.05) is 86.0 Å².